The van der Waals surface area contributed by atoms with Crippen LogP contribution >= 0.6 is 23.2 Å². The smallest absolute Gasteiger partial charge is 0.101 e. The van der Waals surface area contributed by atoms with Crippen LogP contribution < -0.4 is 0 Å². The van der Waals surface area contributed by atoms with E-state index < -0.39 is 0 Å². The fourth-order valence-corrected chi connectivity index (χ4v) is 1.91. The number of aromatic nitrogens is 1. The molecule has 2 aromatic rings. The normalized spacial score (nSPS) is 9.81. The molecule has 0 radical (unpaired) electrons. The summed E-state index contributed by atoms with van der Waals surface area (Å²) in [5, 5.41) is 9.90. The Morgan fingerprint density at radius 1 is 0.938 bits per heavy atom. The number of nitrogens with zero attached hydrogens (tertiary/aromatic N) is 2. The summed E-state index contributed by atoms with van der Waals surface area (Å²) < 4.78 is 0. The van der Waals surface area contributed by atoms with Gasteiger partial charge in [0.25, 0.3) is 0 Å². The maximum absolute atomic E-state index is 8.78. The van der Waals surface area contributed by atoms with Crippen LogP contribution in [0.4, 0.5) is 0 Å². The van der Waals surface area contributed by atoms with Crippen molar-refractivity contribution < 1.29 is 0 Å². The van der Waals surface area contributed by atoms with Gasteiger partial charge in [0, 0.05) is 28.0 Å². The molecule has 0 spiro atoms. The number of hydrogen-bond donors (Lipinski definition) is 0. The maximum atomic E-state index is 8.78. The van der Waals surface area contributed by atoms with Gasteiger partial charge in [-0.1, -0.05) is 23.2 Å². The highest BCUT2D eigenvalue weighted by Crippen LogP contribution is 2.27. The minimum absolute atomic E-state index is 0.508. The predicted octanol–water partition coefficient (Wildman–Crippen LogP) is 3.93. The van der Waals surface area contributed by atoms with Crippen LogP contribution in [0.25, 0.3) is 11.1 Å². The van der Waals surface area contributed by atoms with Gasteiger partial charge in [-0.25, -0.2) is 0 Å². The molecule has 4 heteroatoms. The van der Waals surface area contributed by atoms with E-state index in [9.17, 15) is 0 Å². The molecule has 0 unspecified atom stereocenters. The first-order valence-electron chi connectivity index (χ1n) is 4.50. The van der Waals surface area contributed by atoms with Gasteiger partial charge in [-0.3, -0.25) is 4.98 Å². The van der Waals surface area contributed by atoms with Crippen LogP contribution in [0.1, 0.15) is 5.56 Å². The lowest BCUT2D eigenvalue weighted by Gasteiger charge is -2.03. The van der Waals surface area contributed by atoms with Crippen molar-refractivity contribution in [2.45, 2.75) is 0 Å². The van der Waals surface area contributed by atoms with Crippen LogP contribution in [-0.2, 0) is 0 Å². The Morgan fingerprint density at radius 2 is 1.62 bits per heavy atom. The summed E-state index contributed by atoms with van der Waals surface area (Å²) in [7, 11) is 0. The van der Waals surface area contributed by atoms with Crippen molar-refractivity contribution in [1.82, 2.24) is 4.98 Å². The van der Waals surface area contributed by atoms with E-state index in [0.29, 0.717) is 15.6 Å². The quantitative estimate of drug-likeness (QED) is 0.767. The lowest BCUT2D eigenvalue weighted by molar-refractivity contribution is 1.30. The molecule has 1 aromatic carbocycles. The van der Waals surface area contributed by atoms with Gasteiger partial charge in [0.1, 0.15) is 6.07 Å². The van der Waals surface area contributed by atoms with E-state index in [1.54, 1.807) is 30.5 Å². The first-order chi connectivity index (χ1) is 7.69. The number of hydrogen-bond acceptors (Lipinski definition) is 2. The molecule has 1 heterocycles. The molecule has 16 heavy (non-hydrogen) atoms. The average molecular weight is 249 g/mol. The van der Waals surface area contributed by atoms with Gasteiger partial charge < -0.3 is 0 Å². The number of nitriles is 1. The third-order valence-corrected chi connectivity index (χ3v) is 2.50. The third kappa shape index (κ3) is 2.33. The van der Waals surface area contributed by atoms with Crippen molar-refractivity contribution in [3.05, 3.63) is 52.3 Å². The molecule has 0 aliphatic rings. The molecule has 1 aromatic heterocycles. The van der Waals surface area contributed by atoms with Gasteiger partial charge in [-0.2, -0.15) is 5.26 Å². The minimum atomic E-state index is 0.508. The third-order valence-electron chi connectivity index (χ3n) is 2.06. The fourth-order valence-electron chi connectivity index (χ4n) is 1.38. The zero-order valence-electron chi connectivity index (χ0n) is 8.11. The minimum Gasteiger partial charge on any atom is -0.263 e. The summed E-state index contributed by atoms with van der Waals surface area (Å²) in [4.78, 5) is 3.98. The number of rotatable bonds is 1. The molecule has 0 N–H and O–H groups in total. The Morgan fingerprint density at radius 3 is 2.25 bits per heavy atom. The SMILES string of the molecule is N#Cc1cncc(-c2cc(Cl)cc(Cl)c2)c1. The molecule has 0 saturated carbocycles. The van der Waals surface area contributed by atoms with E-state index in [1.165, 1.54) is 6.20 Å². The predicted molar refractivity (Wildman–Crippen MR) is 64.4 cm³/mol. The van der Waals surface area contributed by atoms with E-state index in [0.717, 1.165) is 11.1 Å². The van der Waals surface area contributed by atoms with E-state index in [2.05, 4.69) is 4.98 Å². The summed E-state index contributed by atoms with van der Waals surface area (Å²) in [5.74, 6) is 0. The van der Waals surface area contributed by atoms with Crippen LogP contribution in [0, 0.1) is 11.3 Å². The van der Waals surface area contributed by atoms with E-state index in [-0.39, 0.29) is 0 Å². The Hall–Kier alpha value is -1.56. The number of pyridine rings is 1. The molecule has 78 valence electrons. The first-order valence-corrected chi connectivity index (χ1v) is 5.26. The topological polar surface area (TPSA) is 36.7 Å². The molecular weight excluding hydrogens is 243 g/mol. The largest absolute Gasteiger partial charge is 0.263 e. The van der Waals surface area contributed by atoms with Crippen molar-refractivity contribution in [3.63, 3.8) is 0 Å². The fraction of sp³-hybridized carbons (Fsp3) is 0. The van der Waals surface area contributed by atoms with Gasteiger partial charge in [0.15, 0.2) is 0 Å². The zero-order valence-corrected chi connectivity index (χ0v) is 9.63. The second-order valence-electron chi connectivity index (χ2n) is 3.23. The summed E-state index contributed by atoms with van der Waals surface area (Å²) in [6.07, 6.45) is 3.18. The summed E-state index contributed by atoms with van der Waals surface area (Å²) in [5.41, 5.74) is 2.18. The summed E-state index contributed by atoms with van der Waals surface area (Å²) in [6.45, 7) is 0. The van der Waals surface area contributed by atoms with Gasteiger partial charge in [0.2, 0.25) is 0 Å². The monoisotopic (exact) mass is 248 g/mol. The molecule has 0 aliphatic heterocycles. The van der Waals surface area contributed by atoms with E-state index in [4.69, 9.17) is 28.5 Å². The molecular formula is C12H6Cl2N2. The summed E-state index contributed by atoms with van der Waals surface area (Å²) in [6, 6.07) is 9.01. The highest BCUT2D eigenvalue weighted by Gasteiger charge is 2.02. The van der Waals surface area contributed by atoms with Gasteiger partial charge in [-0.15, -0.1) is 0 Å². The second-order valence-corrected chi connectivity index (χ2v) is 4.11. The standard InChI is InChI=1S/C12H6Cl2N2/c13-11-2-9(3-12(14)4-11)10-1-8(5-15)6-16-7-10/h1-4,6-7H. The van der Waals surface area contributed by atoms with E-state index >= 15 is 0 Å². The Balaban J connectivity index is 2.54. The lowest BCUT2D eigenvalue weighted by atomic mass is 10.1. The van der Waals surface area contributed by atoms with Crippen molar-refractivity contribution >= 4 is 23.2 Å². The molecule has 0 fully saturated rings. The number of halogens is 2. The lowest BCUT2D eigenvalue weighted by Crippen LogP contribution is -1.83. The maximum Gasteiger partial charge on any atom is 0.101 e. The van der Waals surface area contributed by atoms with Crippen LogP contribution in [0.2, 0.25) is 10.0 Å². The van der Waals surface area contributed by atoms with Crippen LogP contribution in [-0.4, -0.2) is 4.98 Å². The van der Waals surface area contributed by atoms with Crippen molar-refractivity contribution in [2.75, 3.05) is 0 Å². The molecule has 0 aliphatic carbocycles. The first kappa shape index (κ1) is 10.9. The van der Waals surface area contributed by atoms with Gasteiger partial charge >= 0.3 is 0 Å². The highest BCUT2D eigenvalue weighted by atomic mass is 35.5. The molecule has 2 rings (SSSR count). The molecule has 0 atom stereocenters. The second kappa shape index (κ2) is 4.52. The van der Waals surface area contributed by atoms with Crippen LogP contribution in [0.5, 0.6) is 0 Å². The van der Waals surface area contributed by atoms with Crippen molar-refractivity contribution in [1.29, 1.82) is 5.26 Å². The van der Waals surface area contributed by atoms with E-state index in [1.807, 2.05) is 6.07 Å². The summed E-state index contributed by atoms with van der Waals surface area (Å²) >= 11 is 11.8. The van der Waals surface area contributed by atoms with Gasteiger partial charge in [0.05, 0.1) is 5.56 Å². The van der Waals surface area contributed by atoms with Crippen LogP contribution in [0.3, 0.4) is 0 Å². The Kier molecular flexibility index (Phi) is 3.09. The zero-order chi connectivity index (χ0) is 11.5. The molecule has 0 saturated heterocycles. The average Bonchev–Trinajstić information content (AvgIpc) is 2.28. The van der Waals surface area contributed by atoms with Crippen LogP contribution in [0.15, 0.2) is 36.7 Å². The number of benzene rings is 1. The molecule has 0 bridgehead atoms. The Bertz CT molecular complexity index is 553. The Labute approximate surface area is 103 Å². The van der Waals surface area contributed by atoms with Gasteiger partial charge in [-0.05, 0) is 29.8 Å². The highest BCUT2D eigenvalue weighted by molar-refractivity contribution is 6.35. The van der Waals surface area contributed by atoms with Crippen molar-refractivity contribution in [2.24, 2.45) is 0 Å². The molecule has 2 nitrogen and oxygen atoms in total. The molecule has 0 amide bonds. The van der Waals surface area contributed by atoms with Crippen molar-refractivity contribution in [3.8, 4) is 17.2 Å².